The average Bonchev–Trinajstić information content (AvgIpc) is 2.77. The van der Waals surface area contributed by atoms with Gasteiger partial charge < -0.3 is 9.88 Å². The number of hydrogen-bond acceptors (Lipinski definition) is 2. The van der Waals surface area contributed by atoms with Crippen molar-refractivity contribution in [3.8, 4) is 18.4 Å². The lowest BCUT2D eigenvalue weighted by Crippen LogP contribution is -1.98. The lowest BCUT2D eigenvalue weighted by Gasteiger charge is -2.05. The van der Waals surface area contributed by atoms with Crippen LogP contribution < -0.4 is 5.32 Å². The van der Waals surface area contributed by atoms with Gasteiger partial charge in [0.2, 0.25) is 0 Å². The number of hydrogen-bond donors (Lipinski definition) is 1. The van der Waals surface area contributed by atoms with Crippen molar-refractivity contribution in [2.45, 2.75) is 6.54 Å². The lowest BCUT2D eigenvalue weighted by atomic mass is 10.2. The normalized spacial score (nSPS) is 9.50. The average molecular weight is 235 g/mol. The number of nitrogens with zero attached hydrogens (tertiary/aromatic N) is 2. The fourth-order valence-corrected chi connectivity index (χ4v) is 1.76. The Bertz CT molecular complexity index is 638. The fraction of sp³-hybridized carbons (Fsp3) is 0.133. The molecule has 0 aliphatic carbocycles. The first-order chi connectivity index (χ1) is 8.72. The summed E-state index contributed by atoms with van der Waals surface area (Å²) in [5.74, 6) is 2.60. The van der Waals surface area contributed by atoms with Crippen molar-refractivity contribution in [1.82, 2.24) is 4.57 Å². The quantitative estimate of drug-likeness (QED) is 0.830. The van der Waals surface area contributed by atoms with Crippen molar-refractivity contribution in [3.63, 3.8) is 0 Å². The smallest absolute Gasteiger partial charge is 0.120 e. The van der Waals surface area contributed by atoms with E-state index in [1.807, 2.05) is 48.1 Å². The standard InChI is InChI=1S/C15H13N3/c1-3-12-5-4-6-14(7-12)17-10-13-8-15(9-16)18(2)11-13/h1,4-8,11,17H,10H2,2H3. The van der Waals surface area contributed by atoms with Crippen LogP contribution >= 0.6 is 0 Å². The number of nitriles is 1. The fourth-order valence-electron chi connectivity index (χ4n) is 1.76. The Morgan fingerprint density at radius 3 is 2.89 bits per heavy atom. The van der Waals surface area contributed by atoms with Gasteiger partial charge in [0.05, 0.1) is 0 Å². The highest BCUT2D eigenvalue weighted by Gasteiger charge is 2.02. The zero-order chi connectivity index (χ0) is 13.0. The Morgan fingerprint density at radius 2 is 2.22 bits per heavy atom. The van der Waals surface area contributed by atoms with E-state index in [0.717, 1.165) is 16.8 Å². The maximum atomic E-state index is 8.87. The molecule has 1 aromatic heterocycles. The molecule has 0 bridgehead atoms. The van der Waals surface area contributed by atoms with Gasteiger partial charge in [0.1, 0.15) is 11.8 Å². The molecule has 0 spiro atoms. The molecule has 1 heterocycles. The van der Waals surface area contributed by atoms with Gasteiger partial charge in [-0.1, -0.05) is 12.0 Å². The SMILES string of the molecule is C#Cc1cccc(NCc2cc(C#N)n(C)c2)c1. The number of benzene rings is 1. The molecule has 1 aromatic carbocycles. The molecule has 0 unspecified atom stereocenters. The van der Waals surface area contributed by atoms with Gasteiger partial charge in [0.15, 0.2) is 0 Å². The van der Waals surface area contributed by atoms with E-state index in [2.05, 4.69) is 17.3 Å². The highest BCUT2D eigenvalue weighted by Crippen LogP contribution is 2.12. The zero-order valence-electron chi connectivity index (χ0n) is 10.1. The zero-order valence-corrected chi connectivity index (χ0v) is 10.1. The van der Waals surface area contributed by atoms with Gasteiger partial charge in [0.25, 0.3) is 0 Å². The van der Waals surface area contributed by atoms with Crippen LogP contribution in [0.2, 0.25) is 0 Å². The third kappa shape index (κ3) is 2.53. The van der Waals surface area contributed by atoms with Crippen molar-refractivity contribution in [2.75, 3.05) is 5.32 Å². The number of anilines is 1. The molecule has 0 saturated carbocycles. The molecule has 2 rings (SSSR count). The predicted molar refractivity (Wildman–Crippen MR) is 71.8 cm³/mol. The molecule has 0 aliphatic rings. The topological polar surface area (TPSA) is 40.8 Å². The van der Waals surface area contributed by atoms with E-state index in [0.29, 0.717) is 12.2 Å². The molecule has 88 valence electrons. The van der Waals surface area contributed by atoms with Crippen LogP contribution in [0.3, 0.4) is 0 Å². The summed E-state index contributed by atoms with van der Waals surface area (Å²) in [6.45, 7) is 0.670. The van der Waals surface area contributed by atoms with Gasteiger partial charge in [0, 0.05) is 31.0 Å². The molecule has 0 radical (unpaired) electrons. The second kappa shape index (κ2) is 5.12. The van der Waals surface area contributed by atoms with Crippen molar-refractivity contribution in [3.05, 3.63) is 53.3 Å². The second-order valence-corrected chi connectivity index (χ2v) is 4.03. The number of rotatable bonds is 3. The van der Waals surface area contributed by atoms with Crippen molar-refractivity contribution in [1.29, 1.82) is 5.26 Å². The van der Waals surface area contributed by atoms with Crippen molar-refractivity contribution >= 4 is 5.69 Å². The van der Waals surface area contributed by atoms with Gasteiger partial charge in [-0.3, -0.25) is 0 Å². The maximum absolute atomic E-state index is 8.87. The third-order valence-corrected chi connectivity index (χ3v) is 2.70. The molecule has 0 saturated heterocycles. The highest BCUT2D eigenvalue weighted by molar-refractivity contribution is 5.50. The Hall–Kier alpha value is -2.65. The number of nitrogens with one attached hydrogen (secondary N) is 1. The molecule has 3 nitrogen and oxygen atoms in total. The van der Waals surface area contributed by atoms with Gasteiger partial charge in [-0.2, -0.15) is 5.26 Å². The van der Waals surface area contributed by atoms with Crippen LogP contribution in [0.15, 0.2) is 36.5 Å². The van der Waals surface area contributed by atoms with Gasteiger partial charge in [-0.25, -0.2) is 0 Å². The summed E-state index contributed by atoms with van der Waals surface area (Å²) in [4.78, 5) is 0. The van der Waals surface area contributed by atoms with Gasteiger partial charge in [-0.05, 0) is 29.8 Å². The molecule has 18 heavy (non-hydrogen) atoms. The summed E-state index contributed by atoms with van der Waals surface area (Å²) in [5, 5.41) is 12.2. The monoisotopic (exact) mass is 235 g/mol. The van der Waals surface area contributed by atoms with Crippen LogP contribution in [0, 0.1) is 23.7 Å². The molecule has 1 N–H and O–H groups in total. The van der Waals surface area contributed by atoms with E-state index in [4.69, 9.17) is 11.7 Å². The molecule has 0 aliphatic heterocycles. The summed E-state index contributed by atoms with van der Waals surface area (Å²) in [7, 11) is 1.86. The van der Waals surface area contributed by atoms with E-state index in [1.165, 1.54) is 0 Å². The molecular formula is C15H13N3. The summed E-state index contributed by atoms with van der Waals surface area (Å²) in [5.41, 5.74) is 3.56. The first kappa shape index (κ1) is 11.8. The molecule has 0 amide bonds. The van der Waals surface area contributed by atoms with Crippen LogP contribution in [0.1, 0.15) is 16.8 Å². The predicted octanol–water partition coefficient (Wildman–Crippen LogP) is 2.49. The van der Waals surface area contributed by atoms with E-state index in [-0.39, 0.29) is 0 Å². The van der Waals surface area contributed by atoms with Crippen LogP contribution in [-0.2, 0) is 13.6 Å². The van der Waals surface area contributed by atoms with E-state index in [1.54, 1.807) is 0 Å². The molecule has 0 atom stereocenters. The minimum absolute atomic E-state index is 0.657. The maximum Gasteiger partial charge on any atom is 0.120 e. The molecule has 3 heteroatoms. The first-order valence-corrected chi connectivity index (χ1v) is 5.59. The van der Waals surface area contributed by atoms with E-state index in [9.17, 15) is 0 Å². The van der Waals surface area contributed by atoms with Crippen LogP contribution in [-0.4, -0.2) is 4.57 Å². The Labute approximate surface area is 107 Å². The molecule has 2 aromatic rings. The second-order valence-electron chi connectivity index (χ2n) is 4.03. The summed E-state index contributed by atoms with van der Waals surface area (Å²) < 4.78 is 1.81. The Balaban J connectivity index is 2.07. The van der Waals surface area contributed by atoms with Crippen LogP contribution in [0.5, 0.6) is 0 Å². The summed E-state index contributed by atoms with van der Waals surface area (Å²) in [6.07, 6.45) is 7.29. The van der Waals surface area contributed by atoms with Crippen LogP contribution in [0.4, 0.5) is 5.69 Å². The summed E-state index contributed by atoms with van der Waals surface area (Å²) in [6, 6.07) is 11.7. The van der Waals surface area contributed by atoms with E-state index < -0.39 is 0 Å². The van der Waals surface area contributed by atoms with Crippen LogP contribution in [0.25, 0.3) is 0 Å². The number of aryl methyl sites for hydroxylation is 1. The molecule has 0 fully saturated rings. The minimum Gasteiger partial charge on any atom is -0.381 e. The minimum atomic E-state index is 0.657. The first-order valence-electron chi connectivity index (χ1n) is 5.59. The highest BCUT2D eigenvalue weighted by atomic mass is 14.9. The number of aromatic nitrogens is 1. The summed E-state index contributed by atoms with van der Waals surface area (Å²) >= 11 is 0. The molecular weight excluding hydrogens is 222 g/mol. The van der Waals surface area contributed by atoms with Crippen molar-refractivity contribution in [2.24, 2.45) is 7.05 Å². The van der Waals surface area contributed by atoms with E-state index >= 15 is 0 Å². The third-order valence-electron chi connectivity index (χ3n) is 2.70. The Morgan fingerprint density at radius 1 is 1.39 bits per heavy atom. The largest absolute Gasteiger partial charge is 0.381 e. The van der Waals surface area contributed by atoms with Gasteiger partial charge in [-0.15, -0.1) is 6.42 Å². The number of terminal acetylenes is 1. The van der Waals surface area contributed by atoms with Crippen molar-refractivity contribution < 1.29 is 0 Å². The Kier molecular flexibility index (Phi) is 3.36. The van der Waals surface area contributed by atoms with Gasteiger partial charge >= 0.3 is 0 Å². The lowest BCUT2D eigenvalue weighted by molar-refractivity contribution is 0.902.